The van der Waals surface area contributed by atoms with Gasteiger partial charge < -0.3 is 4.74 Å². The molecule has 2 atom stereocenters. The molecule has 7 rings (SSSR count). The van der Waals surface area contributed by atoms with Crippen LogP contribution in [0.25, 0.3) is 0 Å². The summed E-state index contributed by atoms with van der Waals surface area (Å²) < 4.78 is 5.11. The number of esters is 1. The summed E-state index contributed by atoms with van der Waals surface area (Å²) in [5.41, 5.74) is 2.77. The minimum Gasteiger partial charge on any atom is -0.456 e. The lowest BCUT2D eigenvalue weighted by molar-refractivity contribution is -0.152. The van der Waals surface area contributed by atoms with Crippen molar-refractivity contribution in [1.82, 2.24) is 4.90 Å². The molecule has 3 aliphatic carbocycles. The van der Waals surface area contributed by atoms with Crippen LogP contribution in [0.15, 0.2) is 66.7 Å². The number of benzene rings is 3. The van der Waals surface area contributed by atoms with E-state index in [1.807, 2.05) is 48.5 Å². The van der Waals surface area contributed by atoms with Gasteiger partial charge in [-0.05, 0) is 40.5 Å². The lowest BCUT2D eigenvalue weighted by atomic mass is 9.54. The van der Waals surface area contributed by atoms with E-state index in [4.69, 9.17) is 51.1 Å². The Bertz CT molecular complexity index is 1450. The third-order valence-electron chi connectivity index (χ3n) is 7.56. The predicted molar refractivity (Wildman–Crippen MR) is 142 cm³/mol. The summed E-state index contributed by atoms with van der Waals surface area (Å²) in [6.07, 6.45) is 0. The summed E-state index contributed by atoms with van der Waals surface area (Å²) in [5.74, 6) is -4.78. The molecule has 3 aromatic rings. The Balaban J connectivity index is 1.29. The number of halogens is 4. The lowest BCUT2D eigenvalue weighted by Crippen LogP contribution is -2.57. The van der Waals surface area contributed by atoms with Crippen LogP contribution in [-0.4, -0.2) is 41.6 Å². The third-order valence-corrected chi connectivity index (χ3v) is 9.39. The fourth-order valence-electron chi connectivity index (χ4n) is 5.99. The number of imide groups is 1. The van der Waals surface area contributed by atoms with Gasteiger partial charge in [-0.3, -0.25) is 24.1 Å². The van der Waals surface area contributed by atoms with E-state index in [1.165, 1.54) is 18.2 Å². The fourth-order valence-corrected chi connectivity index (χ4v) is 7.61. The van der Waals surface area contributed by atoms with Gasteiger partial charge in [0.2, 0.25) is 17.6 Å². The number of nitrogens with zero attached hydrogens (tertiary/aromatic N) is 1. The maximum Gasteiger partial charge on any atom is 0.326 e. The molecule has 1 fully saturated rings. The zero-order chi connectivity index (χ0) is 27.0. The molecule has 192 valence electrons. The monoisotopic (exact) mass is 587 g/mol. The number of ether oxygens (including phenoxy) is 1. The molecule has 0 unspecified atom stereocenters. The quantitative estimate of drug-likeness (QED) is 0.175. The maximum absolute atomic E-state index is 13.7. The lowest BCUT2D eigenvalue weighted by Gasteiger charge is -2.54. The average molecular weight is 589 g/mol. The first kappa shape index (κ1) is 25.4. The van der Waals surface area contributed by atoms with E-state index in [-0.39, 0.29) is 10.6 Å². The van der Waals surface area contributed by atoms with Gasteiger partial charge in [0.15, 0.2) is 6.61 Å². The standard InChI is InChI=1S/C28H17Cl4NO5/c29-14-9-10-15(20(30)11-14)21(34)13-38-22(35)12-33-25(36)23-24(26(33)37)28(32)17-6-2-1-5-16(17)27(23,31)18-7-3-4-8-19(18)28/h1-11,23-24H,12-13H2/t23-,24-,27?,28?/m0/s1. The third kappa shape index (κ3) is 3.34. The summed E-state index contributed by atoms with van der Waals surface area (Å²) in [4.78, 5) is 50.8. The second-order valence-electron chi connectivity index (χ2n) is 9.44. The molecule has 4 aliphatic rings. The Hall–Kier alpha value is -2.90. The number of likely N-dealkylation sites (tertiary alicyclic amines) is 1. The van der Waals surface area contributed by atoms with Gasteiger partial charge in [-0.2, -0.15) is 0 Å². The molecule has 1 aliphatic heterocycles. The highest BCUT2D eigenvalue weighted by atomic mass is 35.5. The van der Waals surface area contributed by atoms with Gasteiger partial charge in [0.25, 0.3) is 0 Å². The molecule has 3 aromatic carbocycles. The Morgan fingerprint density at radius 2 is 1.26 bits per heavy atom. The second kappa shape index (κ2) is 8.82. The van der Waals surface area contributed by atoms with Crippen LogP contribution in [0, 0.1) is 11.8 Å². The highest BCUT2D eigenvalue weighted by molar-refractivity contribution is 6.37. The number of hydrogen-bond donors (Lipinski definition) is 0. The van der Waals surface area contributed by atoms with Crippen molar-refractivity contribution in [2.24, 2.45) is 11.8 Å². The van der Waals surface area contributed by atoms with Crippen molar-refractivity contribution in [3.63, 3.8) is 0 Å². The molecule has 1 saturated heterocycles. The first-order chi connectivity index (χ1) is 18.1. The molecule has 0 spiro atoms. The molecule has 0 radical (unpaired) electrons. The number of Topliss-reactive ketones (excluding diaryl/α,β-unsaturated/α-hetero) is 1. The molecule has 0 saturated carbocycles. The van der Waals surface area contributed by atoms with Crippen molar-refractivity contribution >= 4 is 70.0 Å². The molecule has 2 bridgehead atoms. The van der Waals surface area contributed by atoms with Crippen LogP contribution in [0.5, 0.6) is 0 Å². The van der Waals surface area contributed by atoms with Crippen LogP contribution in [0.4, 0.5) is 0 Å². The van der Waals surface area contributed by atoms with Crippen LogP contribution in [0.1, 0.15) is 32.6 Å². The van der Waals surface area contributed by atoms with Crippen LogP contribution >= 0.6 is 46.4 Å². The van der Waals surface area contributed by atoms with Crippen LogP contribution < -0.4 is 0 Å². The number of alkyl halides is 2. The van der Waals surface area contributed by atoms with Crippen molar-refractivity contribution in [2.45, 2.75) is 9.75 Å². The Morgan fingerprint density at radius 3 is 1.71 bits per heavy atom. The minimum absolute atomic E-state index is 0.113. The molecule has 10 heteroatoms. The van der Waals surface area contributed by atoms with E-state index in [2.05, 4.69) is 0 Å². The highest BCUT2D eigenvalue weighted by Gasteiger charge is 2.73. The van der Waals surface area contributed by atoms with Crippen LogP contribution in [-0.2, 0) is 28.9 Å². The highest BCUT2D eigenvalue weighted by Crippen LogP contribution is 2.69. The topological polar surface area (TPSA) is 80.8 Å². The van der Waals surface area contributed by atoms with Crippen molar-refractivity contribution in [1.29, 1.82) is 0 Å². The molecule has 1 heterocycles. The summed E-state index contributed by atoms with van der Waals surface area (Å²) >= 11 is 26.6. The van der Waals surface area contributed by atoms with Crippen molar-refractivity contribution < 1.29 is 23.9 Å². The number of carbonyl (C=O) groups is 4. The Labute approximate surface area is 237 Å². The number of hydrogen-bond acceptors (Lipinski definition) is 5. The minimum atomic E-state index is -1.35. The van der Waals surface area contributed by atoms with E-state index in [0.29, 0.717) is 27.3 Å². The Kier molecular flexibility index (Phi) is 5.89. The second-order valence-corrected chi connectivity index (χ2v) is 11.5. The van der Waals surface area contributed by atoms with Gasteiger partial charge in [0, 0.05) is 10.6 Å². The SMILES string of the molecule is O=C(CN1C(=O)[C@@H]2[C@@H](C1=O)C1(Cl)c3ccccc3C2(Cl)c2ccccc21)OCC(=O)c1ccc(Cl)cc1Cl. The number of ketones is 1. The number of amides is 2. The largest absolute Gasteiger partial charge is 0.456 e. The van der Waals surface area contributed by atoms with Gasteiger partial charge >= 0.3 is 5.97 Å². The van der Waals surface area contributed by atoms with E-state index in [9.17, 15) is 19.2 Å². The summed E-state index contributed by atoms with van der Waals surface area (Å²) in [6.45, 7) is -1.31. The number of carbonyl (C=O) groups excluding carboxylic acids is 4. The van der Waals surface area contributed by atoms with E-state index in [0.717, 1.165) is 4.90 Å². The Morgan fingerprint density at radius 1 is 0.789 bits per heavy atom. The predicted octanol–water partition coefficient (Wildman–Crippen LogP) is 5.31. The van der Waals surface area contributed by atoms with Crippen LogP contribution in [0.3, 0.4) is 0 Å². The van der Waals surface area contributed by atoms with Gasteiger partial charge in [-0.1, -0.05) is 71.7 Å². The van der Waals surface area contributed by atoms with Gasteiger partial charge in [-0.15, -0.1) is 23.2 Å². The summed E-state index contributed by atoms with van der Waals surface area (Å²) in [5, 5.41) is 0.463. The summed E-state index contributed by atoms with van der Waals surface area (Å²) in [7, 11) is 0. The molecule has 0 aromatic heterocycles. The average Bonchev–Trinajstić information content (AvgIpc) is 3.16. The molecule has 0 N–H and O–H groups in total. The molecule has 38 heavy (non-hydrogen) atoms. The van der Waals surface area contributed by atoms with Crippen molar-refractivity contribution in [3.05, 3.63) is 105 Å². The van der Waals surface area contributed by atoms with Gasteiger partial charge in [0.1, 0.15) is 16.3 Å². The molecular formula is C28H17Cl4NO5. The van der Waals surface area contributed by atoms with Gasteiger partial charge in [0.05, 0.1) is 16.9 Å². The van der Waals surface area contributed by atoms with Crippen molar-refractivity contribution in [3.8, 4) is 0 Å². The van der Waals surface area contributed by atoms with Gasteiger partial charge in [-0.25, -0.2) is 0 Å². The molecule has 6 nitrogen and oxygen atoms in total. The zero-order valence-electron chi connectivity index (χ0n) is 19.4. The van der Waals surface area contributed by atoms with E-state index < -0.39 is 58.3 Å². The van der Waals surface area contributed by atoms with Crippen LogP contribution in [0.2, 0.25) is 10.0 Å². The van der Waals surface area contributed by atoms with Crippen molar-refractivity contribution in [2.75, 3.05) is 13.2 Å². The fraction of sp³-hybridized carbons (Fsp3) is 0.214. The van der Waals surface area contributed by atoms with E-state index in [1.54, 1.807) is 0 Å². The summed E-state index contributed by atoms with van der Waals surface area (Å²) in [6, 6.07) is 18.8. The maximum atomic E-state index is 13.7. The zero-order valence-corrected chi connectivity index (χ0v) is 22.4. The van der Waals surface area contributed by atoms with E-state index >= 15 is 0 Å². The molecule has 2 amide bonds. The normalized spacial score (nSPS) is 26.6. The molecular weight excluding hydrogens is 572 g/mol. The smallest absolute Gasteiger partial charge is 0.326 e. The first-order valence-electron chi connectivity index (χ1n) is 11.7. The first-order valence-corrected chi connectivity index (χ1v) is 13.2. The number of rotatable bonds is 5.